The van der Waals surface area contributed by atoms with Crippen molar-refractivity contribution >= 4 is 40.8 Å². The SMILES string of the molecule is CC(NC(=O)C(O)c1cc(F)cc(F)c1)C(=O)Nc1cc(C(C)(C)c2cc(Cl)cc(Cl)c2)[nH]n1. The molecule has 0 aliphatic carbocycles. The quantitative estimate of drug-likeness (QED) is 0.375. The highest BCUT2D eigenvalue weighted by Gasteiger charge is 2.28. The van der Waals surface area contributed by atoms with Gasteiger partial charge < -0.3 is 15.7 Å². The van der Waals surface area contributed by atoms with Crippen molar-refractivity contribution in [3.8, 4) is 0 Å². The van der Waals surface area contributed by atoms with Crippen molar-refractivity contribution in [1.29, 1.82) is 0 Å². The van der Waals surface area contributed by atoms with Crippen molar-refractivity contribution in [2.24, 2.45) is 0 Å². The van der Waals surface area contributed by atoms with Crippen molar-refractivity contribution in [3.63, 3.8) is 0 Å². The molecule has 34 heavy (non-hydrogen) atoms. The van der Waals surface area contributed by atoms with E-state index in [4.69, 9.17) is 23.2 Å². The number of H-pyrrole nitrogens is 1. The smallest absolute Gasteiger partial charge is 0.254 e. The van der Waals surface area contributed by atoms with Crippen LogP contribution >= 0.6 is 23.2 Å². The molecular weight excluding hydrogens is 489 g/mol. The Morgan fingerprint density at radius 2 is 1.59 bits per heavy atom. The van der Waals surface area contributed by atoms with E-state index in [0.29, 0.717) is 21.8 Å². The zero-order valence-electron chi connectivity index (χ0n) is 18.4. The molecule has 4 N–H and O–H groups in total. The maximum atomic E-state index is 13.3. The molecule has 0 aliphatic rings. The number of anilines is 1. The summed E-state index contributed by atoms with van der Waals surface area (Å²) in [5.74, 6) is -3.29. The zero-order valence-corrected chi connectivity index (χ0v) is 19.9. The number of halogens is 4. The fourth-order valence-corrected chi connectivity index (χ4v) is 3.78. The number of carbonyl (C=O) groups excluding carboxylic acids is 2. The van der Waals surface area contributed by atoms with Crippen LogP contribution in [0.4, 0.5) is 14.6 Å². The Morgan fingerprint density at radius 3 is 2.18 bits per heavy atom. The average Bonchev–Trinajstić information content (AvgIpc) is 3.21. The van der Waals surface area contributed by atoms with Crippen LogP contribution in [0.2, 0.25) is 10.0 Å². The van der Waals surface area contributed by atoms with E-state index in [1.165, 1.54) is 6.92 Å². The molecule has 3 aromatic rings. The zero-order chi connectivity index (χ0) is 25.2. The van der Waals surface area contributed by atoms with Crippen LogP contribution in [-0.4, -0.2) is 33.2 Å². The van der Waals surface area contributed by atoms with Gasteiger partial charge >= 0.3 is 0 Å². The lowest BCUT2D eigenvalue weighted by Crippen LogP contribution is -2.43. The summed E-state index contributed by atoms with van der Waals surface area (Å²) in [6.07, 6.45) is -1.86. The van der Waals surface area contributed by atoms with Gasteiger partial charge in [0.15, 0.2) is 11.9 Å². The number of hydrogen-bond acceptors (Lipinski definition) is 4. The van der Waals surface area contributed by atoms with E-state index in [9.17, 15) is 23.5 Å². The summed E-state index contributed by atoms with van der Waals surface area (Å²) in [6.45, 7) is 5.23. The van der Waals surface area contributed by atoms with E-state index >= 15 is 0 Å². The predicted molar refractivity (Wildman–Crippen MR) is 125 cm³/mol. The molecule has 1 aromatic heterocycles. The molecule has 2 unspecified atom stereocenters. The number of aliphatic hydroxyl groups is 1. The Labute approximate surface area is 204 Å². The van der Waals surface area contributed by atoms with Gasteiger partial charge in [0.25, 0.3) is 5.91 Å². The molecule has 0 aliphatic heterocycles. The van der Waals surface area contributed by atoms with Crippen LogP contribution in [-0.2, 0) is 15.0 Å². The summed E-state index contributed by atoms with van der Waals surface area (Å²) in [5.41, 5.74) is 0.647. The Balaban J connectivity index is 1.66. The highest BCUT2D eigenvalue weighted by Crippen LogP contribution is 2.34. The monoisotopic (exact) mass is 510 g/mol. The van der Waals surface area contributed by atoms with Crippen LogP contribution in [0.15, 0.2) is 42.5 Å². The van der Waals surface area contributed by atoms with Gasteiger partial charge in [0.2, 0.25) is 5.91 Å². The molecule has 7 nitrogen and oxygen atoms in total. The van der Waals surface area contributed by atoms with Crippen LogP contribution in [0.5, 0.6) is 0 Å². The summed E-state index contributed by atoms with van der Waals surface area (Å²) < 4.78 is 26.7. The summed E-state index contributed by atoms with van der Waals surface area (Å²) in [7, 11) is 0. The van der Waals surface area contributed by atoms with Crippen molar-refractivity contribution in [3.05, 3.63) is 81.0 Å². The third-order valence-corrected chi connectivity index (χ3v) is 5.72. The summed E-state index contributed by atoms with van der Waals surface area (Å²) in [6, 6.07) is 8.01. The number of aromatic amines is 1. The molecule has 0 spiro atoms. The molecule has 180 valence electrons. The minimum Gasteiger partial charge on any atom is -0.378 e. The lowest BCUT2D eigenvalue weighted by Gasteiger charge is -2.24. The van der Waals surface area contributed by atoms with Crippen LogP contribution < -0.4 is 10.6 Å². The van der Waals surface area contributed by atoms with Gasteiger partial charge in [-0.15, -0.1) is 0 Å². The van der Waals surface area contributed by atoms with E-state index in [0.717, 1.165) is 17.7 Å². The van der Waals surface area contributed by atoms with E-state index in [1.54, 1.807) is 24.3 Å². The number of aliphatic hydroxyl groups excluding tert-OH is 1. The number of benzene rings is 2. The third-order valence-electron chi connectivity index (χ3n) is 5.29. The molecule has 1 heterocycles. The molecule has 0 radical (unpaired) electrons. The fraction of sp³-hybridized carbons (Fsp3) is 0.261. The first-order valence-electron chi connectivity index (χ1n) is 10.1. The average molecular weight is 511 g/mol. The van der Waals surface area contributed by atoms with Gasteiger partial charge in [-0.1, -0.05) is 37.0 Å². The second kappa shape index (κ2) is 10.1. The van der Waals surface area contributed by atoms with Gasteiger partial charge in [0, 0.05) is 33.3 Å². The van der Waals surface area contributed by atoms with Gasteiger partial charge in [-0.2, -0.15) is 5.10 Å². The standard InChI is InChI=1S/C23H22Cl2F2N4O3/c1-11(28-22(34)20(32)12-4-16(26)9-17(27)5-12)21(33)29-19-10-18(30-31-19)23(2,3)13-6-14(24)8-15(25)7-13/h4-11,20,32H,1-3H3,(H,28,34)(H2,29,30,31,33). The summed E-state index contributed by atoms with van der Waals surface area (Å²) in [4.78, 5) is 24.8. The Kier molecular flexibility index (Phi) is 7.60. The number of rotatable bonds is 7. The molecule has 0 saturated heterocycles. The van der Waals surface area contributed by atoms with Gasteiger partial charge in [-0.3, -0.25) is 14.7 Å². The van der Waals surface area contributed by atoms with Crippen molar-refractivity contribution < 1.29 is 23.5 Å². The normalized spacial score (nSPS) is 13.3. The number of carbonyl (C=O) groups is 2. The molecule has 11 heteroatoms. The van der Waals surface area contributed by atoms with Gasteiger partial charge in [-0.25, -0.2) is 8.78 Å². The number of amides is 2. The molecule has 0 fully saturated rings. The Hall–Kier alpha value is -3.01. The first-order valence-corrected chi connectivity index (χ1v) is 10.9. The van der Waals surface area contributed by atoms with E-state index in [2.05, 4.69) is 20.8 Å². The topological polar surface area (TPSA) is 107 Å². The van der Waals surface area contributed by atoms with Gasteiger partial charge in [0.05, 0.1) is 0 Å². The van der Waals surface area contributed by atoms with E-state index < -0.39 is 41.0 Å². The molecule has 3 rings (SSSR count). The lowest BCUT2D eigenvalue weighted by atomic mass is 9.81. The van der Waals surface area contributed by atoms with Crippen molar-refractivity contribution in [2.45, 2.75) is 38.3 Å². The molecule has 2 atom stereocenters. The number of aromatic nitrogens is 2. The Bertz CT molecular complexity index is 1190. The second-order valence-corrected chi connectivity index (χ2v) is 9.15. The molecule has 2 aromatic carbocycles. The number of nitrogens with one attached hydrogen (secondary N) is 3. The van der Waals surface area contributed by atoms with Crippen molar-refractivity contribution in [2.75, 3.05) is 5.32 Å². The maximum Gasteiger partial charge on any atom is 0.254 e. The lowest BCUT2D eigenvalue weighted by molar-refractivity contribution is -0.132. The van der Waals surface area contributed by atoms with Crippen molar-refractivity contribution in [1.82, 2.24) is 15.5 Å². The number of hydrogen-bond donors (Lipinski definition) is 4. The minimum absolute atomic E-state index is 0.204. The molecule has 0 saturated carbocycles. The van der Waals surface area contributed by atoms with Gasteiger partial charge in [-0.05, 0) is 48.4 Å². The van der Waals surface area contributed by atoms with Crippen LogP contribution in [0, 0.1) is 11.6 Å². The highest BCUT2D eigenvalue weighted by molar-refractivity contribution is 6.34. The Morgan fingerprint density at radius 1 is 1.00 bits per heavy atom. The molecule has 2 amide bonds. The maximum absolute atomic E-state index is 13.3. The van der Waals surface area contributed by atoms with Crippen LogP contribution in [0.1, 0.15) is 43.7 Å². The van der Waals surface area contributed by atoms with Gasteiger partial charge in [0.1, 0.15) is 17.7 Å². The second-order valence-electron chi connectivity index (χ2n) is 8.27. The van der Waals surface area contributed by atoms with E-state index in [-0.39, 0.29) is 11.4 Å². The summed E-state index contributed by atoms with van der Waals surface area (Å²) in [5, 5.41) is 22.9. The third kappa shape index (κ3) is 5.91. The summed E-state index contributed by atoms with van der Waals surface area (Å²) >= 11 is 12.2. The fourth-order valence-electron chi connectivity index (χ4n) is 3.25. The van der Waals surface area contributed by atoms with E-state index in [1.807, 2.05) is 13.8 Å². The minimum atomic E-state index is -1.86. The highest BCUT2D eigenvalue weighted by atomic mass is 35.5. The first kappa shape index (κ1) is 25.6. The van der Waals surface area contributed by atoms with Crippen LogP contribution in [0.3, 0.4) is 0 Å². The molecular formula is C23H22Cl2F2N4O3. The number of nitrogens with zero attached hydrogens (tertiary/aromatic N) is 1. The first-order chi connectivity index (χ1) is 15.9. The molecule has 0 bridgehead atoms. The predicted octanol–water partition coefficient (Wildman–Crippen LogP) is 4.50. The van der Waals surface area contributed by atoms with Crippen LogP contribution in [0.25, 0.3) is 0 Å². The largest absolute Gasteiger partial charge is 0.378 e.